The van der Waals surface area contributed by atoms with Gasteiger partial charge < -0.3 is 20.4 Å². The Morgan fingerprint density at radius 3 is 1.88 bits per heavy atom. The number of carboxylic acid groups (broad SMARTS) is 2. The van der Waals surface area contributed by atoms with Crippen LogP contribution in [0.3, 0.4) is 0 Å². The summed E-state index contributed by atoms with van der Waals surface area (Å²) in [5.74, 6) is -3.78. The van der Waals surface area contributed by atoms with Gasteiger partial charge in [0.05, 0.1) is 0 Å². The molecule has 0 bridgehead atoms. The van der Waals surface area contributed by atoms with Crippen LogP contribution in [0.25, 0.3) is 0 Å². The Bertz CT molecular complexity index is 504. The van der Waals surface area contributed by atoms with Crippen molar-refractivity contribution in [3.63, 3.8) is 0 Å². The van der Waals surface area contributed by atoms with Gasteiger partial charge >= 0.3 is 11.9 Å². The Morgan fingerprint density at radius 2 is 1.38 bits per heavy atom. The number of hydrogen-bond donors (Lipinski definition) is 4. The fourth-order valence-corrected chi connectivity index (χ4v) is 2.81. The summed E-state index contributed by atoms with van der Waals surface area (Å²) in [4.78, 5) is 21.5. The molecule has 6 heteroatoms. The third kappa shape index (κ3) is 11.8. The summed E-state index contributed by atoms with van der Waals surface area (Å²) in [6.07, 6.45) is 10.5. The van der Waals surface area contributed by atoms with Crippen LogP contribution in [-0.4, -0.2) is 38.2 Å². The molecule has 0 fully saturated rings. The zero-order chi connectivity index (χ0) is 20.2. The molecule has 0 amide bonds. The number of hydrogen-bond acceptors (Lipinski definition) is 4. The molecule has 0 aliphatic heterocycles. The Kier molecular flexibility index (Phi) is 11.8. The van der Waals surface area contributed by atoms with E-state index in [9.17, 15) is 19.8 Å². The lowest BCUT2D eigenvalue weighted by Crippen LogP contribution is -2.26. The molecule has 26 heavy (non-hydrogen) atoms. The van der Waals surface area contributed by atoms with Gasteiger partial charge in [0, 0.05) is 17.6 Å². The summed E-state index contributed by atoms with van der Waals surface area (Å²) in [5.41, 5.74) is 0.327. The highest BCUT2D eigenvalue weighted by molar-refractivity contribution is 5.86. The molecule has 0 saturated carbocycles. The van der Waals surface area contributed by atoms with Gasteiger partial charge in [-0.3, -0.25) is 0 Å². The second-order valence-corrected chi connectivity index (χ2v) is 6.99. The third-order valence-electron chi connectivity index (χ3n) is 4.50. The zero-order valence-electron chi connectivity index (χ0n) is 16.2. The standard InChI is InChI=1S/C20H34O6/c1-4-17(13-15(2)18(21)22)11-9-7-5-6-8-10-12-20(25,26)14-16(3)19(23)24/h13-14,17,25-26H,4-12H2,1-3H3,(H,21,22)(H,23,24). The van der Waals surface area contributed by atoms with Crippen molar-refractivity contribution in [2.24, 2.45) is 5.92 Å². The summed E-state index contributed by atoms with van der Waals surface area (Å²) < 4.78 is 0. The van der Waals surface area contributed by atoms with Crippen molar-refractivity contribution in [3.8, 4) is 0 Å². The van der Waals surface area contributed by atoms with E-state index in [-0.39, 0.29) is 12.0 Å². The number of aliphatic hydroxyl groups is 2. The van der Waals surface area contributed by atoms with Gasteiger partial charge in [0.25, 0.3) is 0 Å². The molecule has 1 unspecified atom stereocenters. The van der Waals surface area contributed by atoms with E-state index >= 15 is 0 Å². The van der Waals surface area contributed by atoms with E-state index in [0.29, 0.717) is 17.9 Å². The lowest BCUT2D eigenvalue weighted by Gasteiger charge is -2.18. The topological polar surface area (TPSA) is 115 Å². The minimum Gasteiger partial charge on any atom is -0.478 e. The van der Waals surface area contributed by atoms with Crippen molar-refractivity contribution >= 4 is 11.9 Å². The quantitative estimate of drug-likeness (QED) is 0.210. The van der Waals surface area contributed by atoms with Crippen molar-refractivity contribution in [1.82, 2.24) is 0 Å². The third-order valence-corrected chi connectivity index (χ3v) is 4.50. The monoisotopic (exact) mass is 370 g/mol. The maximum Gasteiger partial charge on any atom is 0.331 e. The first kappa shape index (κ1) is 24.3. The average molecular weight is 370 g/mol. The van der Waals surface area contributed by atoms with Crippen molar-refractivity contribution in [2.75, 3.05) is 0 Å². The van der Waals surface area contributed by atoms with Gasteiger partial charge in [0.15, 0.2) is 5.79 Å². The van der Waals surface area contributed by atoms with Crippen LogP contribution in [0, 0.1) is 5.92 Å². The number of aliphatic carboxylic acids is 2. The summed E-state index contributed by atoms with van der Waals surface area (Å²) in [7, 11) is 0. The van der Waals surface area contributed by atoms with Crippen molar-refractivity contribution in [3.05, 3.63) is 23.3 Å². The summed E-state index contributed by atoms with van der Waals surface area (Å²) >= 11 is 0. The van der Waals surface area contributed by atoms with Crippen LogP contribution in [0.15, 0.2) is 23.3 Å². The Morgan fingerprint density at radius 1 is 0.885 bits per heavy atom. The lowest BCUT2D eigenvalue weighted by atomic mass is 9.95. The molecular weight excluding hydrogens is 336 g/mol. The largest absolute Gasteiger partial charge is 0.478 e. The molecule has 0 aliphatic carbocycles. The van der Waals surface area contributed by atoms with E-state index in [1.807, 2.05) is 6.08 Å². The van der Waals surface area contributed by atoms with Crippen LogP contribution >= 0.6 is 0 Å². The molecule has 0 saturated heterocycles. The van der Waals surface area contributed by atoms with E-state index < -0.39 is 17.7 Å². The second-order valence-electron chi connectivity index (χ2n) is 6.99. The lowest BCUT2D eigenvalue weighted by molar-refractivity contribution is -0.136. The maximum absolute atomic E-state index is 10.9. The molecule has 0 aromatic rings. The maximum atomic E-state index is 10.9. The smallest absolute Gasteiger partial charge is 0.331 e. The Hall–Kier alpha value is -1.66. The highest BCUT2D eigenvalue weighted by Crippen LogP contribution is 2.20. The highest BCUT2D eigenvalue weighted by atomic mass is 16.5. The van der Waals surface area contributed by atoms with Gasteiger partial charge in [0.1, 0.15) is 0 Å². The minimum atomic E-state index is -2.06. The van der Waals surface area contributed by atoms with Crippen LogP contribution in [0.4, 0.5) is 0 Å². The fraction of sp³-hybridized carbons (Fsp3) is 0.700. The summed E-state index contributed by atoms with van der Waals surface area (Å²) in [5, 5.41) is 37.1. The van der Waals surface area contributed by atoms with Gasteiger partial charge in [-0.15, -0.1) is 0 Å². The molecular formula is C20H34O6. The molecule has 1 atom stereocenters. The molecule has 0 rings (SSSR count). The Labute approximate surface area is 156 Å². The van der Waals surface area contributed by atoms with E-state index in [1.165, 1.54) is 6.92 Å². The predicted octanol–water partition coefficient (Wildman–Crippen LogP) is 3.88. The van der Waals surface area contributed by atoms with Gasteiger partial charge in [-0.25, -0.2) is 9.59 Å². The van der Waals surface area contributed by atoms with Crippen LogP contribution in [0.5, 0.6) is 0 Å². The number of rotatable bonds is 14. The molecule has 0 aromatic heterocycles. The summed E-state index contributed by atoms with van der Waals surface area (Å²) in [6, 6.07) is 0. The van der Waals surface area contributed by atoms with Crippen molar-refractivity contribution in [1.29, 1.82) is 0 Å². The molecule has 0 aliphatic rings. The number of carbonyl (C=O) groups is 2. The first-order chi connectivity index (χ1) is 12.1. The van der Waals surface area contributed by atoms with Crippen LogP contribution < -0.4 is 0 Å². The molecule has 0 radical (unpaired) electrons. The highest BCUT2D eigenvalue weighted by Gasteiger charge is 2.20. The zero-order valence-corrected chi connectivity index (χ0v) is 16.2. The van der Waals surface area contributed by atoms with Gasteiger partial charge in [0.2, 0.25) is 0 Å². The van der Waals surface area contributed by atoms with Crippen LogP contribution in [0.1, 0.15) is 78.6 Å². The summed E-state index contributed by atoms with van der Waals surface area (Å²) in [6.45, 7) is 5.02. The second kappa shape index (κ2) is 12.7. The average Bonchev–Trinajstić information content (AvgIpc) is 2.55. The normalized spacial score (nSPS) is 14.3. The molecule has 0 aromatic carbocycles. The van der Waals surface area contributed by atoms with E-state index in [2.05, 4.69) is 6.92 Å². The molecule has 0 heterocycles. The Balaban J connectivity index is 3.91. The number of allylic oxidation sites excluding steroid dienone is 1. The first-order valence-electron chi connectivity index (χ1n) is 9.38. The molecule has 0 spiro atoms. The van der Waals surface area contributed by atoms with Crippen molar-refractivity contribution < 1.29 is 30.0 Å². The van der Waals surface area contributed by atoms with E-state index in [1.54, 1.807) is 6.92 Å². The fourth-order valence-electron chi connectivity index (χ4n) is 2.81. The SMILES string of the molecule is CCC(C=C(C)C(=O)O)CCCCCCCCC(O)(O)C=C(C)C(=O)O. The van der Waals surface area contributed by atoms with E-state index in [0.717, 1.165) is 51.0 Å². The predicted molar refractivity (Wildman–Crippen MR) is 101 cm³/mol. The first-order valence-corrected chi connectivity index (χ1v) is 9.38. The van der Waals surface area contributed by atoms with Gasteiger partial charge in [-0.05, 0) is 45.1 Å². The van der Waals surface area contributed by atoms with Crippen LogP contribution in [0.2, 0.25) is 0 Å². The van der Waals surface area contributed by atoms with Crippen LogP contribution in [-0.2, 0) is 9.59 Å². The molecule has 6 nitrogen and oxygen atoms in total. The number of carboxylic acids is 2. The number of unbranched alkanes of at least 4 members (excludes halogenated alkanes) is 5. The van der Waals surface area contributed by atoms with Gasteiger partial charge in [-0.2, -0.15) is 0 Å². The van der Waals surface area contributed by atoms with E-state index in [4.69, 9.17) is 10.2 Å². The minimum absolute atomic E-state index is 0.0762. The molecule has 150 valence electrons. The molecule has 4 N–H and O–H groups in total. The van der Waals surface area contributed by atoms with Crippen molar-refractivity contribution in [2.45, 2.75) is 84.3 Å². The van der Waals surface area contributed by atoms with Gasteiger partial charge in [-0.1, -0.05) is 45.1 Å².